The van der Waals surface area contributed by atoms with Gasteiger partial charge in [-0.1, -0.05) is 0 Å². The second-order valence-electron chi connectivity index (χ2n) is 3.18. The molecule has 0 atom stereocenters. The van der Waals surface area contributed by atoms with Gasteiger partial charge in [-0.15, -0.1) is 0 Å². The molecular weight excluding hydrogens is 192 g/mol. The average molecular weight is 202 g/mol. The van der Waals surface area contributed by atoms with Crippen molar-refractivity contribution in [2.75, 3.05) is 7.11 Å². The number of methoxy groups -OCH3 is 1. The molecule has 0 saturated heterocycles. The summed E-state index contributed by atoms with van der Waals surface area (Å²) in [4.78, 5) is 14.0. The number of aryl methyl sites for hydroxylation is 1. The number of hydrogen-bond donors (Lipinski definition) is 0. The van der Waals surface area contributed by atoms with Crippen LogP contribution in [0.1, 0.15) is 0 Å². The molecular formula is C11H10N2O2. The highest BCUT2D eigenvalue weighted by atomic mass is 16.5. The molecule has 1 heterocycles. The lowest BCUT2D eigenvalue weighted by Crippen LogP contribution is -1.86. The van der Waals surface area contributed by atoms with E-state index >= 15 is 0 Å². The molecule has 0 aliphatic carbocycles. The molecule has 0 amide bonds. The number of rotatable bonds is 2. The first-order chi connectivity index (χ1) is 7.27. The molecule has 0 saturated carbocycles. The summed E-state index contributed by atoms with van der Waals surface area (Å²) in [5, 5.41) is 0.889. The van der Waals surface area contributed by atoms with Crippen LogP contribution in [0.4, 0.5) is 5.69 Å². The Hall–Kier alpha value is -2.06. The zero-order chi connectivity index (χ0) is 10.8. The number of aromatic nitrogens is 1. The van der Waals surface area contributed by atoms with Crippen LogP contribution in [0, 0.1) is 0 Å². The molecule has 76 valence electrons. The number of isocyanates is 1. The van der Waals surface area contributed by atoms with Gasteiger partial charge in [-0.25, -0.2) is 4.79 Å². The van der Waals surface area contributed by atoms with E-state index in [1.807, 2.05) is 29.9 Å². The quantitative estimate of drug-likeness (QED) is 0.553. The minimum absolute atomic E-state index is 0.533. The third kappa shape index (κ3) is 1.41. The van der Waals surface area contributed by atoms with Gasteiger partial charge in [0.1, 0.15) is 11.4 Å². The summed E-state index contributed by atoms with van der Waals surface area (Å²) in [6, 6.07) is 5.62. The Balaban J connectivity index is 2.84. The molecule has 0 radical (unpaired) electrons. The molecule has 4 nitrogen and oxygen atoms in total. The van der Waals surface area contributed by atoms with E-state index in [0.717, 1.165) is 10.9 Å². The average Bonchev–Trinajstić information content (AvgIpc) is 2.62. The van der Waals surface area contributed by atoms with Gasteiger partial charge in [0.2, 0.25) is 6.08 Å². The van der Waals surface area contributed by atoms with E-state index in [1.165, 1.54) is 0 Å². The molecule has 2 aromatic rings. The fourth-order valence-corrected chi connectivity index (χ4v) is 1.64. The number of benzene rings is 1. The van der Waals surface area contributed by atoms with Crippen molar-refractivity contribution in [1.82, 2.24) is 4.57 Å². The lowest BCUT2D eigenvalue weighted by molar-refractivity contribution is 0.416. The first kappa shape index (κ1) is 9.49. The Labute approximate surface area is 86.8 Å². The molecule has 15 heavy (non-hydrogen) atoms. The van der Waals surface area contributed by atoms with Crippen molar-refractivity contribution in [2.24, 2.45) is 12.0 Å². The van der Waals surface area contributed by atoms with Crippen molar-refractivity contribution in [3.05, 3.63) is 24.4 Å². The van der Waals surface area contributed by atoms with E-state index in [-0.39, 0.29) is 0 Å². The van der Waals surface area contributed by atoms with Gasteiger partial charge in [0, 0.05) is 18.6 Å². The summed E-state index contributed by atoms with van der Waals surface area (Å²) >= 11 is 0. The highest BCUT2D eigenvalue weighted by molar-refractivity contribution is 5.94. The first-order valence-electron chi connectivity index (χ1n) is 4.48. The summed E-state index contributed by atoms with van der Waals surface area (Å²) in [5.41, 5.74) is 1.54. The maximum atomic E-state index is 10.3. The molecule has 0 fully saturated rings. The van der Waals surface area contributed by atoms with Crippen LogP contribution in [-0.2, 0) is 11.8 Å². The summed E-state index contributed by atoms with van der Waals surface area (Å²) in [5.74, 6) is 0.581. The van der Waals surface area contributed by atoms with E-state index in [9.17, 15) is 4.79 Å². The van der Waals surface area contributed by atoms with Crippen LogP contribution in [-0.4, -0.2) is 17.8 Å². The molecule has 2 rings (SSSR count). The van der Waals surface area contributed by atoms with E-state index in [1.54, 1.807) is 19.3 Å². The van der Waals surface area contributed by atoms with Crippen molar-refractivity contribution >= 4 is 22.7 Å². The number of hydrogen-bond acceptors (Lipinski definition) is 3. The fourth-order valence-electron chi connectivity index (χ4n) is 1.64. The van der Waals surface area contributed by atoms with Gasteiger partial charge in [-0.3, -0.25) is 0 Å². The molecule has 0 spiro atoms. The van der Waals surface area contributed by atoms with Crippen LogP contribution in [0.5, 0.6) is 5.75 Å². The van der Waals surface area contributed by atoms with Crippen molar-refractivity contribution in [1.29, 1.82) is 0 Å². The van der Waals surface area contributed by atoms with Crippen molar-refractivity contribution < 1.29 is 9.53 Å². The highest BCUT2D eigenvalue weighted by Crippen LogP contribution is 2.35. The Kier molecular flexibility index (Phi) is 2.27. The predicted octanol–water partition coefficient (Wildman–Crippen LogP) is 2.15. The maximum absolute atomic E-state index is 10.3. The third-order valence-electron chi connectivity index (χ3n) is 2.38. The molecule has 0 aliphatic heterocycles. The molecule has 4 heteroatoms. The maximum Gasteiger partial charge on any atom is 0.240 e. The second kappa shape index (κ2) is 3.59. The minimum Gasteiger partial charge on any atom is -0.494 e. The SMILES string of the molecule is COc1ccc2c(ccn2C)c1N=C=O. The van der Waals surface area contributed by atoms with Crippen LogP contribution in [0.3, 0.4) is 0 Å². The van der Waals surface area contributed by atoms with E-state index < -0.39 is 0 Å². The molecule has 1 aromatic heterocycles. The first-order valence-corrected chi connectivity index (χ1v) is 4.48. The number of aliphatic imine (C=N–C) groups is 1. The molecule has 0 bridgehead atoms. The number of ether oxygens (including phenoxy) is 1. The predicted molar refractivity (Wildman–Crippen MR) is 57.3 cm³/mol. The lowest BCUT2D eigenvalue weighted by atomic mass is 10.2. The van der Waals surface area contributed by atoms with Gasteiger partial charge >= 0.3 is 0 Å². The lowest BCUT2D eigenvalue weighted by Gasteiger charge is -2.04. The number of carbonyl (C=O) groups excluding carboxylic acids is 1. The topological polar surface area (TPSA) is 43.6 Å². The van der Waals surface area contributed by atoms with Gasteiger partial charge in [0.25, 0.3) is 0 Å². The Morgan fingerprint density at radius 1 is 1.40 bits per heavy atom. The summed E-state index contributed by atoms with van der Waals surface area (Å²) in [7, 11) is 3.48. The van der Waals surface area contributed by atoms with Gasteiger partial charge in [-0.05, 0) is 18.2 Å². The second-order valence-corrected chi connectivity index (χ2v) is 3.18. The van der Waals surface area contributed by atoms with Crippen molar-refractivity contribution in [3.8, 4) is 5.75 Å². The van der Waals surface area contributed by atoms with Crippen LogP contribution in [0.2, 0.25) is 0 Å². The normalized spacial score (nSPS) is 10.0. The zero-order valence-corrected chi connectivity index (χ0v) is 8.52. The van der Waals surface area contributed by atoms with Crippen molar-refractivity contribution in [2.45, 2.75) is 0 Å². The summed E-state index contributed by atoms with van der Waals surface area (Å²) in [6.45, 7) is 0. The van der Waals surface area contributed by atoms with Gasteiger partial charge in [0.15, 0.2) is 0 Å². The number of fused-ring (bicyclic) bond motifs is 1. The van der Waals surface area contributed by atoms with Gasteiger partial charge < -0.3 is 9.30 Å². The molecule has 0 unspecified atom stereocenters. The Morgan fingerprint density at radius 3 is 2.87 bits per heavy atom. The van der Waals surface area contributed by atoms with Crippen LogP contribution < -0.4 is 4.74 Å². The van der Waals surface area contributed by atoms with Crippen LogP contribution >= 0.6 is 0 Å². The van der Waals surface area contributed by atoms with Crippen molar-refractivity contribution in [3.63, 3.8) is 0 Å². The Bertz CT molecular complexity index is 551. The largest absolute Gasteiger partial charge is 0.494 e. The van der Waals surface area contributed by atoms with Gasteiger partial charge in [-0.2, -0.15) is 4.99 Å². The van der Waals surface area contributed by atoms with Gasteiger partial charge in [0.05, 0.1) is 12.6 Å². The number of nitrogens with zero attached hydrogens (tertiary/aromatic N) is 2. The van der Waals surface area contributed by atoms with E-state index in [4.69, 9.17) is 4.74 Å². The third-order valence-corrected chi connectivity index (χ3v) is 2.38. The smallest absolute Gasteiger partial charge is 0.240 e. The van der Waals surface area contributed by atoms with E-state index in [2.05, 4.69) is 4.99 Å². The van der Waals surface area contributed by atoms with Crippen LogP contribution in [0.15, 0.2) is 29.4 Å². The molecule has 0 N–H and O–H groups in total. The van der Waals surface area contributed by atoms with Crippen LogP contribution in [0.25, 0.3) is 10.9 Å². The molecule has 1 aromatic carbocycles. The standard InChI is InChI=1S/C11H10N2O2/c1-13-6-5-8-9(13)3-4-10(15-2)11(8)12-7-14/h3-6H,1-2H3. The fraction of sp³-hybridized carbons (Fsp3) is 0.182. The highest BCUT2D eigenvalue weighted by Gasteiger charge is 2.09. The summed E-state index contributed by atoms with van der Waals surface area (Å²) < 4.78 is 7.09. The zero-order valence-electron chi connectivity index (χ0n) is 8.52. The summed E-state index contributed by atoms with van der Waals surface area (Å²) in [6.07, 6.45) is 3.46. The Morgan fingerprint density at radius 2 is 2.20 bits per heavy atom. The molecule has 0 aliphatic rings. The van der Waals surface area contributed by atoms with E-state index in [0.29, 0.717) is 11.4 Å². The minimum atomic E-state index is 0.533. The monoisotopic (exact) mass is 202 g/mol.